The first-order chi connectivity index (χ1) is 10.3. The summed E-state index contributed by atoms with van der Waals surface area (Å²) in [6.45, 7) is 3.82. The zero-order valence-corrected chi connectivity index (χ0v) is 13.9. The van der Waals surface area contributed by atoms with Crippen LogP contribution in [0.5, 0.6) is 0 Å². The zero-order chi connectivity index (χ0) is 16.0. The van der Waals surface area contributed by atoms with Gasteiger partial charge in [-0.2, -0.15) is 0 Å². The number of hydrogen-bond donors (Lipinski definition) is 2. The Bertz CT molecular complexity index is 437. The molecule has 2 atom stereocenters. The standard InChI is InChI=1S/C15H24O6S/c1-13(2,22-21-20-18)9-19-12(16)14-4-10-3-11(5-14)7-15(17,6-10)8-14/h10-11,17-18H,3-9H2,1-2H3. The summed E-state index contributed by atoms with van der Waals surface area (Å²) < 4.78 is 9.45. The number of ether oxygens (including phenoxy) is 1. The SMILES string of the molecule is CC(C)(COC(=O)C12CC3CC(CC(O)(C3)C1)C2)SOOO. The lowest BCUT2D eigenvalue weighted by molar-refractivity contribution is -0.432. The Hall–Kier alpha value is -0.340. The Balaban J connectivity index is 1.63. The van der Waals surface area contributed by atoms with Crippen LogP contribution in [0.1, 0.15) is 52.4 Å². The average molecular weight is 332 g/mol. The largest absolute Gasteiger partial charge is 0.464 e. The van der Waals surface area contributed by atoms with Crippen molar-refractivity contribution in [3.8, 4) is 0 Å². The van der Waals surface area contributed by atoms with Crippen LogP contribution in [-0.4, -0.2) is 33.3 Å². The molecule has 0 aromatic carbocycles. The van der Waals surface area contributed by atoms with Gasteiger partial charge in [0.05, 0.1) is 15.8 Å². The van der Waals surface area contributed by atoms with Crippen LogP contribution in [-0.2, 0) is 18.9 Å². The normalized spacial score (nSPS) is 40.0. The Kier molecular flexibility index (Phi) is 4.23. The highest BCUT2D eigenvalue weighted by atomic mass is 32.2. The Labute approximate surface area is 134 Å². The van der Waals surface area contributed by atoms with Crippen molar-refractivity contribution in [1.82, 2.24) is 0 Å². The molecule has 126 valence electrons. The van der Waals surface area contributed by atoms with Gasteiger partial charge in [0.2, 0.25) is 0 Å². The van der Waals surface area contributed by atoms with Crippen LogP contribution in [0.3, 0.4) is 0 Å². The minimum absolute atomic E-state index is 0.162. The summed E-state index contributed by atoms with van der Waals surface area (Å²) in [5.74, 6) is 0.707. The second-order valence-corrected chi connectivity index (χ2v) is 9.44. The Morgan fingerprint density at radius 3 is 2.45 bits per heavy atom. The van der Waals surface area contributed by atoms with Crippen LogP contribution in [0.15, 0.2) is 0 Å². The summed E-state index contributed by atoms with van der Waals surface area (Å²) in [7, 11) is 0. The first-order valence-corrected chi connectivity index (χ1v) is 8.56. The molecule has 0 saturated heterocycles. The molecule has 4 aliphatic carbocycles. The fourth-order valence-corrected chi connectivity index (χ4v) is 5.30. The third-order valence-corrected chi connectivity index (χ3v) is 6.00. The van der Waals surface area contributed by atoms with E-state index in [0.717, 1.165) is 44.1 Å². The second kappa shape index (κ2) is 5.63. The van der Waals surface area contributed by atoms with Gasteiger partial charge in [-0.25, -0.2) is 5.26 Å². The molecule has 6 nitrogen and oxygen atoms in total. The van der Waals surface area contributed by atoms with E-state index in [0.29, 0.717) is 18.3 Å². The highest BCUT2D eigenvalue weighted by molar-refractivity contribution is 7.95. The van der Waals surface area contributed by atoms with Crippen LogP contribution in [0.4, 0.5) is 0 Å². The van der Waals surface area contributed by atoms with Crippen LogP contribution in [0, 0.1) is 17.3 Å². The zero-order valence-electron chi connectivity index (χ0n) is 13.0. The summed E-state index contributed by atoms with van der Waals surface area (Å²) in [4.78, 5) is 12.7. The molecule has 2 unspecified atom stereocenters. The molecular weight excluding hydrogens is 308 g/mol. The number of esters is 1. The van der Waals surface area contributed by atoms with Gasteiger partial charge in [-0.15, -0.1) is 4.33 Å². The van der Waals surface area contributed by atoms with Crippen molar-refractivity contribution in [3.63, 3.8) is 0 Å². The molecule has 2 N–H and O–H groups in total. The molecule has 7 heteroatoms. The summed E-state index contributed by atoms with van der Waals surface area (Å²) >= 11 is 0.898. The fourth-order valence-electron chi connectivity index (χ4n) is 4.98. The molecule has 0 heterocycles. The molecule has 4 fully saturated rings. The molecule has 0 amide bonds. The average Bonchev–Trinajstić information content (AvgIpc) is 2.40. The van der Waals surface area contributed by atoms with Crippen molar-refractivity contribution in [2.45, 2.75) is 62.7 Å². The molecule has 4 aliphatic rings. The van der Waals surface area contributed by atoms with Crippen LogP contribution >= 0.6 is 12.0 Å². The molecule has 4 bridgehead atoms. The van der Waals surface area contributed by atoms with E-state index < -0.39 is 15.8 Å². The first kappa shape index (κ1) is 16.5. The van der Waals surface area contributed by atoms with Crippen LogP contribution in [0.2, 0.25) is 0 Å². The highest BCUT2D eigenvalue weighted by Gasteiger charge is 2.61. The topological polar surface area (TPSA) is 85.2 Å². The van der Waals surface area contributed by atoms with Gasteiger partial charge < -0.3 is 9.84 Å². The minimum Gasteiger partial charge on any atom is -0.464 e. The smallest absolute Gasteiger partial charge is 0.312 e. The third-order valence-electron chi connectivity index (χ3n) is 5.30. The van der Waals surface area contributed by atoms with Gasteiger partial charge in [0.15, 0.2) is 0 Å². The van der Waals surface area contributed by atoms with E-state index in [-0.39, 0.29) is 12.6 Å². The summed E-state index contributed by atoms with van der Waals surface area (Å²) in [6, 6.07) is 0. The van der Waals surface area contributed by atoms with E-state index in [2.05, 4.69) is 9.37 Å². The van der Waals surface area contributed by atoms with Crippen LogP contribution in [0.25, 0.3) is 0 Å². The number of hydrogen-bond acceptors (Lipinski definition) is 7. The predicted octanol–water partition coefficient (Wildman–Crippen LogP) is 2.71. The lowest BCUT2D eigenvalue weighted by Crippen LogP contribution is -2.58. The molecule has 0 radical (unpaired) electrons. The monoisotopic (exact) mass is 332 g/mol. The van der Waals surface area contributed by atoms with E-state index in [1.54, 1.807) is 0 Å². The van der Waals surface area contributed by atoms with Crippen molar-refractivity contribution in [2.75, 3.05) is 6.61 Å². The van der Waals surface area contributed by atoms with Crippen molar-refractivity contribution in [3.05, 3.63) is 0 Å². The van der Waals surface area contributed by atoms with E-state index in [9.17, 15) is 9.90 Å². The summed E-state index contributed by atoms with van der Waals surface area (Å²) in [5.41, 5.74) is -1.17. The molecule has 0 aromatic rings. The van der Waals surface area contributed by atoms with Crippen LogP contribution < -0.4 is 0 Å². The van der Waals surface area contributed by atoms with Gasteiger partial charge in [-0.1, -0.05) is 5.04 Å². The summed E-state index contributed by atoms with van der Waals surface area (Å²) in [6.07, 6.45) is 5.03. The number of carbonyl (C=O) groups excluding carboxylic acids is 1. The molecule has 22 heavy (non-hydrogen) atoms. The van der Waals surface area contributed by atoms with Crippen molar-refractivity contribution >= 4 is 18.0 Å². The lowest BCUT2D eigenvalue weighted by Gasteiger charge is -2.58. The fraction of sp³-hybridized carbons (Fsp3) is 0.933. The van der Waals surface area contributed by atoms with E-state index in [4.69, 9.17) is 9.99 Å². The van der Waals surface area contributed by atoms with Gasteiger partial charge in [0.25, 0.3) is 0 Å². The van der Waals surface area contributed by atoms with Crippen molar-refractivity contribution in [1.29, 1.82) is 0 Å². The number of rotatable bonds is 6. The number of aliphatic hydroxyl groups is 1. The maximum Gasteiger partial charge on any atom is 0.312 e. The maximum absolute atomic E-state index is 12.7. The van der Waals surface area contributed by atoms with E-state index in [1.807, 2.05) is 13.8 Å². The van der Waals surface area contributed by atoms with Crippen molar-refractivity contribution in [2.24, 2.45) is 17.3 Å². The highest BCUT2D eigenvalue weighted by Crippen LogP contribution is 2.62. The van der Waals surface area contributed by atoms with Gasteiger partial charge in [0, 0.05) is 12.0 Å². The molecule has 0 aliphatic heterocycles. The van der Waals surface area contributed by atoms with Gasteiger partial charge in [0.1, 0.15) is 6.61 Å². The number of carbonyl (C=O) groups is 1. The van der Waals surface area contributed by atoms with Gasteiger partial charge in [-0.3, -0.25) is 4.79 Å². The Morgan fingerprint density at radius 1 is 1.27 bits per heavy atom. The van der Waals surface area contributed by atoms with E-state index >= 15 is 0 Å². The quantitative estimate of drug-likeness (QED) is 0.335. The molecule has 0 spiro atoms. The second-order valence-electron chi connectivity index (χ2n) is 8.03. The molecule has 4 saturated carbocycles. The molecule has 4 rings (SSSR count). The van der Waals surface area contributed by atoms with Crippen molar-refractivity contribution < 1.29 is 29.3 Å². The third kappa shape index (κ3) is 3.14. The Morgan fingerprint density at radius 2 is 1.91 bits per heavy atom. The predicted molar refractivity (Wildman–Crippen MR) is 79.5 cm³/mol. The summed E-state index contributed by atoms with van der Waals surface area (Å²) in [5, 5.41) is 22.5. The maximum atomic E-state index is 12.7. The first-order valence-electron chi connectivity index (χ1n) is 7.81. The molecule has 0 aromatic heterocycles. The van der Waals surface area contributed by atoms with Gasteiger partial charge in [-0.05, 0) is 64.2 Å². The minimum atomic E-state index is -0.665. The van der Waals surface area contributed by atoms with E-state index in [1.165, 1.54) is 0 Å². The van der Waals surface area contributed by atoms with Gasteiger partial charge >= 0.3 is 5.97 Å². The lowest BCUT2D eigenvalue weighted by atomic mass is 9.48. The molecular formula is C15H24O6S.